The maximum Gasteiger partial charge on any atom is 0.264 e. The normalized spacial score (nSPS) is 23.4. The molecule has 5 heteroatoms. The summed E-state index contributed by atoms with van der Waals surface area (Å²) in [5, 5.41) is 0. The van der Waals surface area contributed by atoms with Gasteiger partial charge >= 0.3 is 0 Å². The number of likely N-dealkylation sites (tertiary alicyclic amines) is 1. The number of hydrogen-bond acceptors (Lipinski definition) is 3. The van der Waals surface area contributed by atoms with Gasteiger partial charge in [0.05, 0.1) is 16.6 Å². The number of hydrogen-bond donors (Lipinski definition) is 0. The monoisotopic (exact) mass is 356 g/mol. The second kappa shape index (κ2) is 5.85. The Bertz CT molecular complexity index is 906. The largest absolute Gasteiger partial charge is 0.306 e. The Morgan fingerprint density at radius 2 is 1.68 bits per heavy atom. The minimum absolute atomic E-state index is 0.0132. The van der Waals surface area contributed by atoms with Crippen molar-refractivity contribution >= 4 is 15.7 Å². The Labute approximate surface area is 150 Å². The molecule has 2 aromatic rings. The van der Waals surface area contributed by atoms with Crippen LogP contribution < -0.4 is 4.31 Å². The maximum absolute atomic E-state index is 13.4. The van der Waals surface area contributed by atoms with Crippen LogP contribution in [0.1, 0.15) is 29.0 Å². The Balaban J connectivity index is 1.85. The summed E-state index contributed by atoms with van der Waals surface area (Å²) in [5.41, 5.74) is 4.28. The maximum atomic E-state index is 13.4. The first-order valence-corrected chi connectivity index (χ1v) is 10.2. The molecule has 0 amide bonds. The van der Waals surface area contributed by atoms with Gasteiger partial charge in [-0.3, -0.25) is 4.31 Å². The van der Waals surface area contributed by atoms with Crippen molar-refractivity contribution in [2.75, 3.05) is 24.4 Å². The number of benzene rings is 2. The van der Waals surface area contributed by atoms with Crippen molar-refractivity contribution in [1.82, 2.24) is 4.90 Å². The van der Waals surface area contributed by atoms with Gasteiger partial charge in [0.15, 0.2) is 0 Å². The van der Waals surface area contributed by atoms with Gasteiger partial charge in [0.25, 0.3) is 10.0 Å². The van der Waals surface area contributed by atoms with Crippen LogP contribution in [0.15, 0.2) is 47.4 Å². The molecule has 0 bridgehead atoms. The van der Waals surface area contributed by atoms with E-state index in [4.69, 9.17) is 0 Å². The first-order valence-electron chi connectivity index (χ1n) is 8.78. The first kappa shape index (κ1) is 16.6. The van der Waals surface area contributed by atoms with E-state index >= 15 is 0 Å². The van der Waals surface area contributed by atoms with Crippen molar-refractivity contribution in [3.63, 3.8) is 0 Å². The van der Waals surface area contributed by atoms with Crippen molar-refractivity contribution in [1.29, 1.82) is 0 Å². The number of nitrogens with zero attached hydrogens (tertiary/aromatic N) is 2. The smallest absolute Gasteiger partial charge is 0.264 e. The van der Waals surface area contributed by atoms with Gasteiger partial charge in [0, 0.05) is 12.5 Å². The fraction of sp³-hybridized carbons (Fsp3) is 0.400. The van der Waals surface area contributed by atoms with E-state index in [2.05, 4.69) is 24.9 Å². The molecule has 25 heavy (non-hydrogen) atoms. The van der Waals surface area contributed by atoms with Gasteiger partial charge in [0.1, 0.15) is 0 Å². The van der Waals surface area contributed by atoms with Crippen LogP contribution in [0.25, 0.3) is 0 Å². The summed E-state index contributed by atoms with van der Waals surface area (Å²) in [6.45, 7) is 5.87. The average molecular weight is 356 g/mol. The second-order valence-corrected chi connectivity index (χ2v) is 9.22. The van der Waals surface area contributed by atoms with E-state index in [1.807, 2.05) is 31.2 Å². The van der Waals surface area contributed by atoms with Gasteiger partial charge in [-0.25, -0.2) is 8.42 Å². The molecule has 2 aliphatic heterocycles. The molecule has 0 N–H and O–H groups in total. The van der Waals surface area contributed by atoms with E-state index in [1.54, 1.807) is 16.4 Å². The summed E-state index contributed by atoms with van der Waals surface area (Å²) in [4.78, 5) is 2.68. The molecule has 0 aliphatic carbocycles. The van der Waals surface area contributed by atoms with E-state index in [9.17, 15) is 8.42 Å². The third-order valence-electron chi connectivity index (χ3n) is 5.48. The number of fused-ring (bicyclic) bond motifs is 3. The molecule has 4 nitrogen and oxygen atoms in total. The Morgan fingerprint density at radius 1 is 1.00 bits per heavy atom. The van der Waals surface area contributed by atoms with Crippen LogP contribution in [0.5, 0.6) is 0 Å². The molecule has 0 unspecified atom stereocenters. The predicted molar refractivity (Wildman–Crippen MR) is 101 cm³/mol. The lowest BCUT2D eigenvalue weighted by Crippen LogP contribution is -2.47. The Kier molecular flexibility index (Phi) is 3.89. The minimum atomic E-state index is -3.55. The topological polar surface area (TPSA) is 40.6 Å². The molecule has 2 atom stereocenters. The number of likely N-dealkylation sites (N-methyl/N-ethyl adjacent to an activating group) is 1. The van der Waals surface area contributed by atoms with Crippen LogP contribution in [-0.4, -0.2) is 39.5 Å². The van der Waals surface area contributed by atoms with Crippen molar-refractivity contribution in [2.45, 2.75) is 37.1 Å². The molecular weight excluding hydrogens is 332 g/mol. The molecular formula is C20H24N2O2S. The zero-order valence-electron chi connectivity index (χ0n) is 14.9. The number of rotatable bonds is 2. The molecule has 0 saturated carbocycles. The lowest BCUT2D eigenvalue weighted by atomic mass is 9.89. The summed E-state index contributed by atoms with van der Waals surface area (Å²) in [7, 11) is -1.44. The molecule has 1 saturated heterocycles. The minimum Gasteiger partial charge on any atom is -0.306 e. The summed E-state index contributed by atoms with van der Waals surface area (Å²) in [6, 6.07) is 13.3. The quantitative estimate of drug-likeness (QED) is 0.829. The zero-order valence-corrected chi connectivity index (χ0v) is 15.8. The molecule has 0 aromatic heterocycles. The van der Waals surface area contributed by atoms with Crippen LogP contribution in [0.3, 0.4) is 0 Å². The molecule has 4 rings (SSSR count). The second-order valence-electron chi connectivity index (χ2n) is 7.40. The highest BCUT2D eigenvalue weighted by Gasteiger charge is 2.46. The Hall–Kier alpha value is -1.85. The number of piperidine rings is 1. The zero-order chi connectivity index (χ0) is 17.8. The standard InChI is InChI=1S/C20H24N2O2S/c1-14-4-7-16(8-5-14)25(23,24)22-19-9-6-15(2)12-17(19)18-13-21(3)11-10-20(18)22/h4-9,12,18,20H,10-11,13H2,1-3H3/t18-,20-/m1/s1. The SMILES string of the molecule is Cc1ccc(S(=O)(=O)N2c3ccc(C)cc3[C@H]3CN(C)CC[C@H]32)cc1. The lowest BCUT2D eigenvalue weighted by Gasteiger charge is -2.36. The van der Waals surface area contributed by atoms with Gasteiger partial charge in [-0.15, -0.1) is 0 Å². The van der Waals surface area contributed by atoms with Gasteiger partial charge in [0.2, 0.25) is 0 Å². The van der Waals surface area contributed by atoms with Gasteiger partial charge in [-0.2, -0.15) is 0 Å². The fourth-order valence-electron chi connectivity index (χ4n) is 4.17. The predicted octanol–water partition coefficient (Wildman–Crippen LogP) is 3.30. The van der Waals surface area contributed by atoms with Crippen molar-refractivity contribution in [3.8, 4) is 0 Å². The summed E-state index contributed by atoms with van der Waals surface area (Å²) in [5.74, 6) is 0.244. The van der Waals surface area contributed by atoms with E-state index in [0.717, 1.165) is 30.8 Å². The van der Waals surface area contributed by atoms with E-state index in [-0.39, 0.29) is 12.0 Å². The molecule has 132 valence electrons. The van der Waals surface area contributed by atoms with E-state index in [1.165, 1.54) is 11.1 Å². The lowest BCUT2D eigenvalue weighted by molar-refractivity contribution is 0.237. The van der Waals surface area contributed by atoms with Crippen LogP contribution >= 0.6 is 0 Å². The highest BCUT2D eigenvalue weighted by Crippen LogP contribution is 2.47. The van der Waals surface area contributed by atoms with Crippen LogP contribution in [0.2, 0.25) is 0 Å². The summed E-state index contributed by atoms with van der Waals surface area (Å²) < 4.78 is 28.6. The van der Waals surface area contributed by atoms with Gasteiger partial charge in [-0.05, 0) is 57.6 Å². The third kappa shape index (κ3) is 2.66. The van der Waals surface area contributed by atoms with Crippen LogP contribution in [-0.2, 0) is 10.0 Å². The molecule has 0 radical (unpaired) electrons. The molecule has 0 spiro atoms. The number of sulfonamides is 1. The highest BCUT2D eigenvalue weighted by atomic mass is 32.2. The third-order valence-corrected chi connectivity index (χ3v) is 7.33. The molecule has 1 fully saturated rings. The van der Waals surface area contributed by atoms with Crippen molar-refractivity contribution < 1.29 is 8.42 Å². The highest BCUT2D eigenvalue weighted by molar-refractivity contribution is 7.92. The van der Waals surface area contributed by atoms with E-state index in [0.29, 0.717) is 4.90 Å². The van der Waals surface area contributed by atoms with Gasteiger partial charge < -0.3 is 4.90 Å². The van der Waals surface area contributed by atoms with Crippen molar-refractivity contribution in [3.05, 3.63) is 59.2 Å². The number of aryl methyl sites for hydroxylation is 2. The molecule has 2 aromatic carbocycles. The summed E-state index contributed by atoms with van der Waals surface area (Å²) in [6.07, 6.45) is 0.861. The van der Waals surface area contributed by atoms with E-state index < -0.39 is 10.0 Å². The van der Waals surface area contributed by atoms with Crippen LogP contribution in [0.4, 0.5) is 5.69 Å². The average Bonchev–Trinajstić information content (AvgIpc) is 2.89. The molecule has 2 aliphatic rings. The molecule has 2 heterocycles. The van der Waals surface area contributed by atoms with Gasteiger partial charge in [-0.1, -0.05) is 35.4 Å². The first-order chi connectivity index (χ1) is 11.9. The fourth-order valence-corrected chi connectivity index (χ4v) is 5.91. The van der Waals surface area contributed by atoms with Crippen LogP contribution in [0, 0.1) is 13.8 Å². The summed E-state index contributed by atoms with van der Waals surface area (Å²) >= 11 is 0. The van der Waals surface area contributed by atoms with Crippen molar-refractivity contribution in [2.24, 2.45) is 0 Å². The Morgan fingerprint density at radius 3 is 2.40 bits per heavy atom. The number of anilines is 1.